The molecule has 1 unspecified atom stereocenters. The van der Waals surface area contributed by atoms with Crippen LogP contribution in [-0.4, -0.2) is 48.6 Å². The Kier molecular flexibility index (Phi) is 2.81. The third kappa shape index (κ3) is 2.01. The summed E-state index contributed by atoms with van der Waals surface area (Å²) in [6.07, 6.45) is 0. The summed E-state index contributed by atoms with van der Waals surface area (Å²) >= 11 is 0. The molecule has 0 aromatic heterocycles. The fourth-order valence-electron chi connectivity index (χ4n) is 2.33. The van der Waals surface area contributed by atoms with E-state index in [1.54, 1.807) is 12.0 Å². The van der Waals surface area contributed by atoms with Crippen LogP contribution in [0.5, 0.6) is 5.75 Å². The van der Waals surface area contributed by atoms with E-state index in [-0.39, 0.29) is 11.9 Å². The Balaban J connectivity index is 1.84. The van der Waals surface area contributed by atoms with Gasteiger partial charge in [-0.3, -0.25) is 19.7 Å². The molecule has 2 aliphatic rings. The molecule has 1 aromatic rings. The molecular weight excluding hydrogens is 242 g/mol. The number of carbonyl (C=O) groups is 1. The lowest BCUT2D eigenvalue weighted by Gasteiger charge is -2.23. The number of rotatable bonds is 2. The highest BCUT2D eigenvalue weighted by atomic mass is 16.5. The van der Waals surface area contributed by atoms with Crippen molar-refractivity contribution in [2.45, 2.75) is 13.0 Å². The van der Waals surface area contributed by atoms with Crippen LogP contribution in [0.2, 0.25) is 0 Å². The van der Waals surface area contributed by atoms with E-state index in [0.29, 0.717) is 13.1 Å². The standard InChI is InChI=1S/C14H15N3O2/c1-9-14(18)17-8-12(15-7-13(17)16-9)10-3-5-11(19-2)6-4-10/h3-6,9H,7-8H2,1-2H3. The minimum absolute atomic E-state index is 0.0657. The van der Waals surface area contributed by atoms with Gasteiger partial charge in [0.05, 0.1) is 25.9 Å². The van der Waals surface area contributed by atoms with Gasteiger partial charge in [-0.1, -0.05) is 0 Å². The van der Waals surface area contributed by atoms with Crippen molar-refractivity contribution in [2.24, 2.45) is 9.98 Å². The molecule has 1 atom stereocenters. The molecule has 19 heavy (non-hydrogen) atoms. The van der Waals surface area contributed by atoms with Gasteiger partial charge in [-0.05, 0) is 36.8 Å². The van der Waals surface area contributed by atoms with E-state index in [0.717, 1.165) is 22.9 Å². The number of amidine groups is 1. The van der Waals surface area contributed by atoms with Crippen molar-refractivity contribution in [1.29, 1.82) is 0 Å². The zero-order valence-electron chi connectivity index (χ0n) is 11.0. The van der Waals surface area contributed by atoms with Crippen molar-refractivity contribution in [2.75, 3.05) is 20.2 Å². The number of ether oxygens (including phenoxy) is 1. The fraction of sp³-hybridized carbons (Fsp3) is 0.357. The summed E-state index contributed by atoms with van der Waals surface area (Å²) < 4.78 is 5.13. The van der Waals surface area contributed by atoms with Gasteiger partial charge in [0.1, 0.15) is 17.6 Å². The number of methoxy groups -OCH3 is 1. The molecule has 0 bridgehead atoms. The zero-order chi connectivity index (χ0) is 13.4. The maximum absolute atomic E-state index is 12.0. The van der Waals surface area contributed by atoms with Crippen molar-refractivity contribution in [3.63, 3.8) is 0 Å². The minimum Gasteiger partial charge on any atom is -0.497 e. The Labute approximate surface area is 111 Å². The summed E-state index contributed by atoms with van der Waals surface area (Å²) in [5, 5.41) is 0. The molecule has 2 aliphatic heterocycles. The predicted octanol–water partition coefficient (Wildman–Crippen LogP) is 1.13. The van der Waals surface area contributed by atoms with E-state index < -0.39 is 0 Å². The van der Waals surface area contributed by atoms with Gasteiger partial charge >= 0.3 is 0 Å². The first-order valence-electron chi connectivity index (χ1n) is 6.25. The molecule has 0 spiro atoms. The van der Waals surface area contributed by atoms with Crippen molar-refractivity contribution in [1.82, 2.24) is 4.90 Å². The van der Waals surface area contributed by atoms with Crippen LogP contribution >= 0.6 is 0 Å². The quantitative estimate of drug-likeness (QED) is 0.797. The monoisotopic (exact) mass is 257 g/mol. The highest BCUT2D eigenvalue weighted by Gasteiger charge is 2.34. The van der Waals surface area contributed by atoms with Crippen LogP contribution in [0.15, 0.2) is 34.3 Å². The van der Waals surface area contributed by atoms with E-state index in [1.807, 2.05) is 31.2 Å². The van der Waals surface area contributed by atoms with Gasteiger partial charge in [0.15, 0.2) is 0 Å². The highest BCUT2D eigenvalue weighted by Crippen LogP contribution is 2.18. The molecule has 1 amide bonds. The van der Waals surface area contributed by atoms with Crippen LogP contribution < -0.4 is 4.74 Å². The van der Waals surface area contributed by atoms with E-state index in [4.69, 9.17) is 4.74 Å². The second-order valence-corrected chi connectivity index (χ2v) is 4.64. The average Bonchev–Trinajstić information content (AvgIpc) is 2.74. The molecule has 2 heterocycles. The third-order valence-corrected chi connectivity index (χ3v) is 3.42. The normalized spacial score (nSPS) is 21.9. The molecule has 0 saturated heterocycles. The van der Waals surface area contributed by atoms with Gasteiger partial charge < -0.3 is 4.74 Å². The van der Waals surface area contributed by atoms with Crippen molar-refractivity contribution < 1.29 is 9.53 Å². The van der Waals surface area contributed by atoms with Gasteiger partial charge in [0.25, 0.3) is 5.91 Å². The molecule has 5 heteroatoms. The first-order chi connectivity index (χ1) is 9.19. The van der Waals surface area contributed by atoms with Gasteiger partial charge in [0.2, 0.25) is 0 Å². The van der Waals surface area contributed by atoms with Crippen LogP contribution in [0.1, 0.15) is 12.5 Å². The molecule has 0 N–H and O–H groups in total. The second-order valence-electron chi connectivity index (χ2n) is 4.64. The second kappa shape index (κ2) is 4.50. The summed E-state index contributed by atoms with van der Waals surface area (Å²) in [5.41, 5.74) is 1.94. The zero-order valence-corrected chi connectivity index (χ0v) is 11.0. The van der Waals surface area contributed by atoms with Crippen LogP contribution in [0.25, 0.3) is 0 Å². The number of fused-ring (bicyclic) bond motifs is 1. The lowest BCUT2D eigenvalue weighted by molar-refractivity contribution is -0.126. The highest BCUT2D eigenvalue weighted by molar-refractivity contribution is 6.15. The van der Waals surface area contributed by atoms with Gasteiger partial charge in [-0.15, -0.1) is 0 Å². The molecule has 1 aromatic carbocycles. The van der Waals surface area contributed by atoms with Crippen LogP contribution in [0.3, 0.4) is 0 Å². The largest absolute Gasteiger partial charge is 0.497 e. The van der Waals surface area contributed by atoms with Crippen molar-refractivity contribution >= 4 is 17.5 Å². The lowest BCUT2D eigenvalue weighted by atomic mass is 10.1. The smallest absolute Gasteiger partial charge is 0.252 e. The molecule has 98 valence electrons. The minimum atomic E-state index is -0.264. The lowest BCUT2D eigenvalue weighted by Crippen LogP contribution is -2.43. The number of carbonyl (C=O) groups excluding carboxylic acids is 1. The molecule has 0 fully saturated rings. The van der Waals surface area contributed by atoms with Gasteiger partial charge in [-0.25, -0.2) is 0 Å². The van der Waals surface area contributed by atoms with E-state index >= 15 is 0 Å². The summed E-state index contributed by atoms with van der Waals surface area (Å²) in [6, 6.07) is 7.46. The Morgan fingerprint density at radius 2 is 2.05 bits per heavy atom. The number of aliphatic imine (C=N–C) groups is 2. The Morgan fingerprint density at radius 1 is 1.32 bits per heavy atom. The van der Waals surface area contributed by atoms with Crippen molar-refractivity contribution in [3.05, 3.63) is 29.8 Å². The van der Waals surface area contributed by atoms with Crippen LogP contribution in [-0.2, 0) is 4.79 Å². The Bertz CT molecular complexity index is 575. The summed E-state index contributed by atoms with van der Waals surface area (Å²) in [5.74, 6) is 1.67. The van der Waals surface area contributed by atoms with E-state index in [1.165, 1.54) is 0 Å². The SMILES string of the molecule is COc1ccc(C2=NCC3=NC(C)C(=O)N3C2)cc1. The first-order valence-corrected chi connectivity index (χ1v) is 6.25. The van der Waals surface area contributed by atoms with E-state index in [2.05, 4.69) is 9.98 Å². The summed E-state index contributed by atoms with van der Waals surface area (Å²) in [4.78, 5) is 22.5. The Morgan fingerprint density at radius 3 is 2.74 bits per heavy atom. The summed E-state index contributed by atoms with van der Waals surface area (Å²) in [7, 11) is 1.64. The maximum Gasteiger partial charge on any atom is 0.252 e. The molecule has 3 rings (SSSR count). The third-order valence-electron chi connectivity index (χ3n) is 3.42. The maximum atomic E-state index is 12.0. The first kappa shape index (κ1) is 11.9. The number of hydrogen-bond donors (Lipinski definition) is 0. The van der Waals surface area contributed by atoms with Crippen molar-refractivity contribution in [3.8, 4) is 5.75 Å². The average molecular weight is 257 g/mol. The Hall–Kier alpha value is -2.17. The summed E-state index contributed by atoms with van der Waals surface area (Å²) in [6.45, 7) is 2.81. The number of hydrogen-bond acceptors (Lipinski definition) is 4. The van der Waals surface area contributed by atoms with Crippen LogP contribution in [0, 0.1) is 0 Å². The molecular formula is C14H15N3O2. The predicted molar refractivity (Wildman–Crippen MR) is 73.0 cm³/mol. The van der Waals surface area contributed by atoms with E-state index in [9.17, 15) is 4.79 Å². The topological polar surface area (TPSA) is 54.3 Å². The number of nitrogens with zero attached hydrogens (tertiary/aromatic N) is 3. The molecule has 0 saturated carbocycles. The van der Waals surface area contributed by atoms with Gasteiger partial charge in [0, 0.05) is 0 Å². The number of amides is 1. The van der Waals surface area contributed by atoms with Crippen LogP contribution in [0.4, 0.5) is 0 Å². The fourth-order valence-corrected chi connectivity index (χ4v) is 2.33. The molecule has 0 aliphatic carbocycles. The molecule has 5 nitrogen and oxygen atoms in total. The van der Waals surface area contributed by atoms with Gasteiger partial charge in [-0.2, -0.15) is 0 Å². The molecule has 0 radical (unpaired) electrons. The number of benzene rings is 1.